The molecule has 0 amide bonds. The molecular formula is C22H27N7O. The van der Waals surface area contributed by atoms with Gasteiger partial charge in [-0.2, -0.15) is 15.3 Å². The van der Waals surface area contributed by atoms with Crippen molar-refractivity contribution in [2.24, 2.45) is 0 Å². The van der Waals surface area contributed by atoms with Crippen molar-refractivity contribution < 1.29 is 5.11 Å². The second-order valence-corrected chi connectivity index (χ2v) is 8.09. The van der Waals surface area contributed by atoms with Crippen LogP contribution in [-0.4, -0.2) is 45.4 Å². The Morgan fingerprint density at radius 2 is 1.87 bits per heavy atom. The highest BCUT2D eigenvalue weighted by molar-refractivity contribution is 5.78. The molecule has 0 radical (unpaired) electrons. The minimum absolute atomic E-state index is 0.0462. The monoisotopic (exact) mass is 405 g/mol. The molecule has 0 aromatic carbocycles. The molecule has 1 aliphatic rings. The fourth-order valence-electron chi connectivity index (χ4n) is 4.48. The first-order chi connectivity index (χ1) is 14.7. The van der Waals surface area contributed by atoms with Gasteiger partial charge in [0.25, 0.3) is 0 Å². The van der Waals surface area contributed by atoms with E-state index in [-0.39, 0.29) is 12.1 Å². The summed E-state index contributed by atoms with van der Waals surface area (Å²) in [6.45, 7) is 4.37. The van der Waals surface area contributed by atoms with Crippen molar-refractivity contribution in [3.8, 4) is 22.5 Å². The van der Waals surface area contributed by atoms with Crippen LogP contribution in [0.3, 0.4) is 0 Å². The highest BCUT2D eigenvalue weighted by atomic mass is 16.3. The van der Waals surface area contributed by atoms with Crippen LogP contribution in [0.2, 0.25) is 0 Å². The van der Waals surface area contributed by atoms with Gasteiger partial charge in [0.05, 0.1) is 59.9 Å². The molecule has 0 saturated heterocycles. The van der Waals surface area contributed by atoms with E-state index in [1.165, 1.54) is 0 Å². The highest BCUT2D eigenvalue weighted by Crippen LogP contribution is 2.32. The lowest BCUT2D eigenvalue weighted by atomic mass is 10.1. The Bertz CT molecular complexity index is 1150. The lowest BCUT2D eigenvalue weighted by Crippen LogP contribution is -2.18. The van der Waals surface area contributed by atoms with Crippen LogP contribution in [0.15, 0.2) is 43.2 Å². The summed E-state index contributed by atoms with van der Waals surface area (Å²) >= 11 is 0. The van der Waals surface area contributed by atoms with E-state index in [1.807, 2.05) is 44.7 Å². The Labute approximate surface area is 175 Å². The summed E-state index contributed by atoms with van der Waals surface area (Å²) in [7, 11) is 0. The van der Waals surface area contributed by atoms with Crippen molar-refractivity contribution in [2.45, 2.75) is 64.1 Å². The Kier molecular flexibility index (Phi) is 4.86. The van der Waals surface area contributed by atoms with Gasteiger partial charge >= 0.3 is 0 Å². The molecule has 1 unspecified atom stereocenters. The smallest absolute Gasteiger partial charge is 0.0999 e. The molecule has 156 valence electrons. The van der Waals surface area contributed by atoms with E-state index in [0.717, 1.165) is 60.1 Å². The van der Waals surface area contributed by atoms with Crippen LogP contribution in [0.5, 0.6) is 0 Å². The largest absolute Gasteiger partial charge is 0.391 e. The quantitative estimate of drug-likeness (QED) is 0.526. The molecule has 8 heteroatoms. The Morgan fingerprint density at radius 3 is 2.63 bits per heavy atom. The van der Waals surface area contributed by atoms with Gasteiger partial charge in [0.15, 0.2) is 0 Å². The zero-order valence-corrected chi connectivity index (χ0v) is 17.4. The van der Waals surface area contributed by atoms with Gasteiger partial charge in [0.2, 0.25) is 0 Å². The zero-order chi connectivity index (χ0) is 20.7. The minimum atomic E-state index is -0.328. The van der Waals surface area contributed by atoms with E-state index in [1.54, 1.807) is 6.20 Å². The van der Waals surface area contributed by atoms with Crippen molar-refractivity contribution in [2.75, 3.05) is 0 Å². The first kappa shape index (κ1) is 19.0. The van der Waals surface area contributed by atoms with Crippen molar-refractivity contribution in [3.05, 3.63) is 43.2 Å². The molecule has 1 saturated carbocycles. The maximum atomic E-state index is 10.2. The Hall–Kier alpha value is -3.00. The van der Waals surface area contributed by atoms with E-state index >= 15 is 0 Å². The van der Waals surface area contributed by atoms with Crippen molar-refractivity contribution >= 4 is 5.52 Å². The van der Waals surface area contributed by atoms with Gasteiger partial charge in [-0.1, -0.05) is 13.8 Å². The molecule has 4 heterocycles. The molecule has 4 aromatic rings. The summed E-state index contributed by atoms with van der Waals surface area (Å²) in [4.78, 5) is 4.97. The first-order valence-electron chi connectivity index (χ1n) is 10.8. The van der Waals surface area contributed by atoms with Crippen LogP contribution in [-0.2, 0) is 0 Å². The van der Waals surface area contributed by atoms with E-state index in [0.29, 0.717) is 6.04 Å². The van der Waals surface area contributed by atoms with Gasteiger partial charge < -0.3 is 5.11 Å². The summed E-state index contributed by atoms with van der Waals surface area (Å²) in [6.07, 6.45) is 16.0. The molecule has 2 atom stereocenters. The Balaban J connectivity index is 1.55. The number of rotatable bonds is 6. The number of hydrogen-bond donors (Lipinski definition) is 1. The fraction of sp³-hybridized carbons (Fsp3) is 0.455. The van der Waals surface area contributed by atoms with Crippen molar-refractivity contribution in [1.82, 2.24) is 34.2 Å². The SMILES string of the molecule is CCC(CC)n1cc(-c2nc(-c3cnn(C4CCC[C@@H]4O)c3)cn3nccc23)cn1. The third-order valence-corrected chi connectivity index (χ3v) is 6.26. The second-order valence-electron chi connectivity index (χ2n) is 8.09. The average Bonchev–Trinajstić information content (AvgIpc) is 3.54. The molecule has 30 heavy (non-hydrogen) atoms. The summed E-state index contributed by atoms with van der Waals surface area (Å²) in [5.41, 5.74) is 4.50. The van der Waals surface area contributed by atoms with Crippen LogP contribution in [0.25, 0.3) is 28.0 Å². The number of nitrogens with zero attached hydrogens (tertiary/aromatic N) is 7. The van der Waals surface area contributed by atoms with Crippen molar-refractivity contribution in [1.29, 1.82) is 0 Å². The normalized spacial score (nSPS) is 19.3. The lowest BCUT2D eigenvalue weighted by molar-refractivity contribution is 0.130. The summed E-state index contributed by atoms with van der Waals surface area (Å²) in [5, 5.41) is 23.8. The maximum Gasteiger partial charge on any atom is 0.0999 e. The molecule has 4 aromatic heterocycles. The van der Waals surface area contributed by atoms with Gasteiger partial charge in [0.1, 0.15) is 0 Å². The summed E-state index contributed by atoms with van der Waals surface area (Å²) in [6, 6.07) is 2.41. The van der Waals surface area contributed by atoms with E-state index < -0.39 is 0 Å². The number of hydrogen-bond acceptors (Lipinski definition) is 5. The summed E-state index contributed by atoms with van der Waals surface area (Å²) < 4.78 is 5.77. The van der Waals surface area contributed by atoms with E-state index in [4.69, 9.17) is 4.98 Å². The Morgan fingerprint density at radius 1 is 1.03 bits per heavy atom. The standard InChI is InChI=1S/C22H27N7O/c1-3-17(4-2)27-13-16(11-24-27)22-20-8-9-23-29(20)14-18(26-22)15-10-25-28(12-15)19-6-5-7-21(19)30/h8-14,17,19,21,30H,3-7H2,1-2H3/t19?,21-/m0/s1. The zero-order valence-electron chi connectivity index (χ0n) is 17.4. The van der Waals surface area contributed by atoms with E-state index in [2.05, 4.69) is 35.3 Å². The van der Waals surface area contributed by atoms with Gasteiger partial charge in [-0.15, -0.1) is 0 Å². The summed E-state index contributed by atoms with van der Waals surface area (Å²) in [5.74, 6) is 0. The molecule has 1 aliphatic carbocycles. The molecule has 1 fully saturated rings. The van der Waals surface area contributed by atoms with Gasteiger partial charge in [0, 0.05) is 23.5 Å². The average molecular weight is 406 g/mol. The second kappa shape index (κ2) is 7.68. The molecule has 8 nitrogen and oxygen atoms in total. The number of aliphatic hydroxyl groups is 1. The predicted molar refractivity (Wildman–Crippen MR) is 114 cm³/mol. The number of aliphatic hydroxyl groups excluding tert-OH is 1. The minimum Gasteiger partial charge on any atom is -0.391 e. The molecule has 0 aliphatic heterocycles. The molecule has 0 bridgehead atoms. The number of fused-ring (bicyclic) bond motifs is 1. The van der Waals surface area contributed by atoms with Gasteiger partial charge in [-0.25, -0.2) is 9.50 Å². The molecule has 0 spiro atoms. The third-order valence-electron chi connectivity index (χ3n) is 6.26. The van der Waals surface area contributed by atoms with Crippen LogP contribution >= 0.6 is 0 Å². The third kappa shape index (κ3) is 3.21. The van der Waals surface area contributed by atoms with Crippen molar-refractivity contribution in [3.63, 3.8) is 0 Å². The maximum absolute atomic E-state index is 10.2. The van der Waals surface area contributed by atoms with Crippen LogP contribution in [0.4, 0.5) is 0 Å². The highest BCUT2D eigenvalue weighted by Gasteiger charge is 2.27. The van der Waals surface area contributed by atoms with Gasteiger partial charge in [-0.05, 0) is 38.2 Å². The fourth-order valence-corrected chi connectivity index (χ4v) is 4.48. The molecule has 5 rings (SSSR count). The van der Waals surface area contributed by atoms with Crippen LogP contribution < -0.4 is 0 Å². The molecule has 1 N–H and O–H groups in total. The van der Waals surface area contributed by atoms with Crippen LogP contribution in [0.1, 0.15) is 58.0 Å². The first-order valence-corrected chi connectivity index (χ1v) is 10.8. The lowest BCUT2D eigenvalue weighted by Gasteiger charge is -2.14. The predicted octanol–water partition coefficient (Wildman–Crippen LogP) is 3.90. The number of aromatic nitrogens is 7. The van der Waals surface area contributed by atoms with Crippen LogP contribution in [0, 0.1) is 0 Å². The van der Waals surface area contributed by atoms with Gasteiger partial charge in [-0.3, -0.25) is 9.36 Å². The topological polar surface area (TPSA) is 86.1 Å². The van der Waals surface area contributed by atoms with E-state index in [9.17, 15) is 5.11 Å². The molecular weight excluding hydrogens is 378 g/mol.